The third kappa shape index (κ3) is 4.76. The molecule has 3 rings (SSSR count). The molecule has 0 unspecified atom stereocenters. The molecule has 0 saturated carbocycles. The highest BCUT2D eigenvalue weighted by atomic mass is 32.3. The summed E-state index contributed by atoms with van der Waals surface area (Å²) in [7, 11) is -10.3. The Morgan fingerprint density at radius 1 is 0.735 bits per heavy atom. The third-order valence-corrected chi connectivity index (χ3v) is 9.37. The van der Waals surface area contributed by atoms with E-state index in [4.69, 9.17) is 3.63 Å². The van der Waals surface area contributed by atoms with E-state index in [0.29, 0.717) is 12.1 Å². The molecule has 0 bridgehead atoms. The Balaban J connectivity index is 2.49. The molecule has 0 aliphatic heterocycles. The first kappa shape index (κ1) is 25.6. The van der Waals surface area contributed by atoms with Gasteiger partial charge in [-0.3, -0.25) is 0 Å². The zero-order valence-electron chi connectivity index (χ0n) is 16.7. The second-order valence-corrected chi connectivity index (χ2v) is 11.1. The van der Waals surface area contributed by atoms with Crippen molar-refractivity contribution in [2.24, 2.45) is 0 Å². The molecular formula is C21H14F6O5S2. The molecule has 3 aromatic carbocycles. The van der Waals surface area contributed by atoms with E-state index in [2.05, 4.69) is 0 Å². The summed E-state index contributed by atoms with van der Waals surface area (Å²) < 4.78 is 111. The van der Waals surface area contributed by atoms with Gasteiger partial charge in [0, 0.05) is 14.7 Å². The van der Waals surface area contributed by atoms with Crippen LogP contribution in [0.1, 0.15) is 15.9 Å². The molecule has 0 amide bonds. The summed E-state index contributed by atoms with van der Waals surface area (Å²) in [6.45, 7) is 0. The Morgan fingerprint density at radius 3 is 1.59 bits per heavy atom. The van der Waals surface area contributed by atoms with E-state index < -0.39 is 54.1 Å². The second kappa shape index (κ2) is 8.96. The van der Waals surface area contributed by atoms with Crippen molar-refractivity contribution in [3.05, 3.63) is 90.0 Å². The van der Waals surface area contributed by atoms with Gasteiger partial charge in [-0.1, -0.05) is 36.4 Å². The van der Waals surface area contributed by atoms with Crippen LogP contribution in [0.2, 0.25) is 0 Å². The Kier molecular flexibility index (Phi) is 6.75. The van der Waals surface area contributed by atoms with Crippen molar-refractivity contribution in [1.29, 1.82) is 0 Å². The number of carboxylic acids is 1. The summed E-state index contributed by atoms with van der Waals surface area (Å²) in [6.07, 6.45) is -5.22. The standard InChI is InChI=1S/C21H14F6O5S2/c22-20(23,24)18-13-16(11-12-17(18)19(28)29)33(14-7-3-1-4-8-14,15-9-5-2-6-10-15)32-34(30,31)21(25,26)27/h1-13H,(H,28,29). The number of rotatable bonds is 6. The number of carboxylic acid groups (broad SMARTS) is 1. The van der Waals surface area contributed by atoms with Gasteiger partial charge >= 0.3 is 27.8 Å². The number of hydrogen-bond donors (Lipinski definition) is 1. The van der Waals surface area contributed by atoms with Crippen molar-refractivity contribution >= 4 is 26.4 Å². The van der Waals surface area contributed by atoms with Crippen molar-refractivity contribution in [2.45, 2.75) is 26.4 Å². The van der Waals surface area contributed by atoms with Gasteiger partial charge in [0.25, 0.3) is 0 Å². The lowest BCUT2D eigenvalue weighted by atomic mass is 10.1. The van der Waals surface area contributed by atoms with Crippen molar-refractivity contribution < 1.29 is 48.3 Å². The number of alkyl halides is 6. The summed E-state index contributed by atoms with van der Waals surface area (Å²) in [5, 5.41) is 9.18. The average Bonchev–Trinajstić information content (AvgIpc) is 2.77. The summed E-state index contributed by atoms with van der Waals surface area (Å²) in [4.78, 5) is 10.4. The van der Waals surface area contributed by atoms with Gasteiger partial charge in [-0.05, 0) is 52.8 Å². The van der Waals surface area contributed by atoms with Crippen LogP contribution in [0, 0.1) is 0 Å². The fraction of sp³-hybridized carbons (Fsp3) is 0.0952. The Bertz CT molecular complexity index is 1250. The van der Waals surface area contributed by atoms with Crippen LogP contribution in [0.15, 0.2) is 93.5 Å². The van der Waals surface area contributed by atoms with E-state index in [1.807, 2.05) is 0 Å². The second-order valence-electron chi connectivity index (χ2n) is 6.66. The predicted molar refractivity (Wildman–Crippen MR) is 110 cm³/mol. The normalized spacial score (nSPS) is 13.5. The van der Waals surface area contributed by atoms with Gasteiger partial charge in [0.1, 0.15) is 0 Å². The van der Waals surface area contributed by atoms with Crippen molar-refractivity contribution in [1.82, 2.24) is 0 Å². The summed E-state index contributed by atoms with van der Waals surface area (Å²) in [6, 6.07) is 14.9. The van der Waals surface area contributed by atoms with Crippen LogP contribution >= 0.6 is 10.3 Å². The van der Waals surface area contributed by atoms with Gasteiger partial charge in [0.2, 0.25) is 0 Å². The van der Waals surface area contributed by atoms with Crippen LogP contribution in [-0.4, -0.2) is 25.0 Å². The minimum Gasteiger partial charge on any atom is -0.478 e. The van der Waals surface area contributed by atoms with Crippen LogP contribution in [-0.2, 0) is 19.9 Å². The Morgan fingerprint density at radius 2 is 1.21 bits per heavy atom. The van der Waals surface area contributed by atoms with Crippen LogP contribution in [0.25, 0.3) is 0 Å². The van der Waals surface area contributed by atoms with Crippen LogP contribution in [0.5, 0.6) is 0 Å². The van der Waals surface area contributed by atoms with Gasteiger partial charge in [0.05, 0.1) is 11.1 Å². The highest BCUT2D eigenvalue weighted by Crippen LogP contribution is 2.71. The summed E-state index contributed by atoms with van der Waals surface area (Å²) in [5.41, 5.74) is -8.72. The van der Waals surface area contributed by atoms with Gasteiger partial charge in [-0.15, -0.1) is 0 Å². The number of hydrogen-bond acceptors (Lipinski definition) is 4. The topological polar surface area (TPSA) is 80.7 Å². The maximum atomic E-state index is 13.7. The predicted octanol–water partition coefficient (Wildman–Crippen LogP) is 6.47. The molecule has 0 fully saturated rings. The van der Waals surface area contributed by atoms with E-state index >= 15 is 0 Å². The summed E-state index contributed by atoms with van der Waals surface area (Å²) >= 11 is 0. The first-order valence-corrected chi connectivity index (χ1v) is 12.1. The van der Waals surface area contributed by atoms with Crippen molar-refractivity contribution in [2.75, 3.05) is 0 Å². The third-order valence-electron chi connectivity index (χ3n) is 4.48. The lowest BCUT2D eigenvalue weighted by molar-refractivity contribution is -0.138. The fourth-order valence-corrected chi connectivity index (χ4v) is 7.81. The van der Waals surface area contributed by atoms with Crippen LogP contribution in [0.3, 0.4) is 0 Å². The van der Waals surface area contributed by atoms with E-state index in [0.717, 1.165) is 6.07 Å². The maximum Gasteiger partial charge on any atom is 0.524 e. The molecule has 3 aromatic rings. The molecule has 0 radical (unpaired) electrons. The molecule has 34 heavy (non-hydrogen) atoms. The summed E-state index contributed by atoms with van der Waals surface area (Å²) in [5.74, 6) is -1.93. The Hall–Kier alpha value is -3.03. The lowest BCUT2D eigenvalue weighted by Crippen LogP contribution is -2.27. The molecule has 0 saturated heterocycles. The fourth-order valence-electron chi connectivity index (χ4n) is 3.05. The highest BCUT2D eigenvalue weighted by molar-refractivity contribution is 8.33. The number of benzene rings is 3. The molecule has 0 spiro atoms. The van der Waals surface area contributed by atoms with E-state index in [9.17, 15) is 44.7 Å². The molecule has 1 N–H and O–H groups in total. The molecule has 5 nitrogen and oxygen atoms in total. The first-order chi connectivity index (χ1) is 15.7. The molecule has 13 heteroatoms. The van der Waals surface area contributed by atoms with Gasteiger partial charge in [0.15, 0.2) is 0 Å². The minimum absolute atomic E-state index is 0.162. The number of carbonyl (C=O) groups is 1. The van der Waals surface area contributed by atoms with Crippen LogP contribution in [0.4, 0.5) is 26.3 Å². The molecule has 0 aliphatic rings. The van der Waals surface area contributed by atoms with Crippen LogP contribution < -0.4 is 0 Å². The number of halogens is 6. The van der Waals surface area contributed by atoms with Crippen molar-refractivity contribution in [3.8, 4) is 0 Å². The van der Waals surface area contributed by atoms with Gasteiger partial charge < -0.3 is 5.11 Å². The quantitative estimate of drug-likeness (QED) is 0.296. The number of aromatic carboxylic acids is 1. The van der Waals surface area contributed by atoms with Crippen molar-refractivity contribution in [3.63, 3.8) is 0 Å². The molecule has 0 heterocycles. The molecular weight excluding hydrogens is 510 g/mol. The lowest BCUT2D eigenvalue weighted by Gasteiger charge is -2.39. The monoisotopic (exact) mass is 524 g/mol. The van der Waals surface area contributed by atoms with E-state index in [1.54, 1.807) is 0 Å². The molecule has 0 atom stereocenters. The average molecular weight is 524 g/mol. The van der Waals surface area contributed by atoms with E-state index in [1.165, 1.54) is 60.7 Å². The zero-order valence-corrected chi connectivity index (χ0v) is 18.3. The highest BCUT2D eigenvalue weighted by Gasteiger charge is 2.53. The minimum atomic E-state index is -6.34. The SMILES string of the molecule is O=C(O)c1ccc(S(OS(=O)(=O)C(F)(F)F)(c2ccccc2)c2ccccc2)cc1C(F)(F)F. The first-order valence-electron chi connectivity index (χ1n) is 9.10. The molecule has 0 aromatic heterocycles. The smallest absolute Gasteiger partial charge is 0.478 e. The largest absolute Gasteiger partial charge is 0.524 e. The Labute approximate surface area is 191 Å². The van der Waals surface area contributed by atoms with Gasteiger partial charge in [-0.25, -0.2) is 4.79 Å². The molecule has 182 valence electrons. The van der Waals surface area contributed by atoms with Gasteiger partial charge in [-0.2, -0.15) is 38.4 Å². The zero-order chi connectivity index (χ0) is 25.4. The van der Waals surface area contributed by atoms with E-state index in [-0.39, 0.29) is 9.79 Å². The molecule has 0 aliphatic carbocycles. The maximum absolute atomic E-state index is 13.7.